The first-order chi connectivity index (χ1) is 7.27. The summed E-state index contributed by atoms with van der Waals surface area (Å²) >= 11 is 0. The van der Waals surface area contributed by atoms with Gasteiger partial charge in [0, 0.05) is 6.04 Å². The molecular formula is C12H15FN2. The molecule has 1 saturated heterocycles. The first kappa shape index (κ1) is 9.16. The van der Waals surface area contributed by atoms with Gasteiger partial charge in [-0.15, -0.1) is 0 Å². The van der Waals surface area contributed by atoms with Crippen molar-refractivity contribution >= 4 is 5.69 Å². The van der Waals surface area contributed by atoms with Gasteiger partial charge >= 0.3 is 0 Å². The van der Waals surface area contributed by atoms with Crippen molar-refractivity contribution in [2.24, 2.45) is 5.73 Å². The van der Waals surface area contributed by atoms with Crippen LogP contribution in [0.2, 0.25) is 0 Å². The Labute approximate surface area is 88.9 Å². The highest BCUT2D eigenvalue weighted by Gasteiger charge is 2.36. The van der Waals surface area contributed by atoms with Crippen molar-refractivity contribution in [2.75, 3.05) is 4.90 Å². The van der Waals surface area contributed by atoms with E-state index in [9.17, 15) is 4.39 Å². The SMILES string of the molecule is NC1CCC2CCc3cccc(F)c3N12. The van der Waals surface area contributed by atoms with Gasteiger partial charge in [-0.1, -0.05) is 12.1 Å². The lowest BCUT2D eigenvalue weighted by atomic mass is 9.96. The Morgan fingerprint density at radius 2 is 2.13 bits per heavy atom. The number of nitrogens with zero attached hydrogens (tertiary/aromatic N) is 1. The number of benzene rings is 1. The summed E-state index contributed by atoms with van der Waals surface area (Å²) < 4.78 is 13.8. The third-order valence-corrected chi connectivity index (χ3v) is 3.62. The molecule has 3 heteroatoms. The average molecular weight is 206 g/mol. The Balaban J connectivity index is 2.12. The van der Waals surface area contributed by atoms with Crippen LogP contribution in [0.3, 0.4) is 0 Å². The van der Waals surface area contributed by atoms with Crippen LogP contribution in [0.25, 0.3) is 0 Å². The molecule has 3 rings (SSSR count). The molecule has 0 radical (unpaired) electrons. The first-order valence-corrected chi connectivity index (χ1v) is 5.58. The molecule has 2 heterocycles. The molecule has 0 saturated carbocycles. The third-order valence-electron chi connectivity index (χ3n) is 3.62. The van der Waals surface area contributed by atoms with E-state index in [1.54, 1.807) is 6.07 Å². The number of rotatable bonds is 0. The molecule has 0 aromatic heterocycles. The second kappa shape index (κ2) is 3.20. The van der Waals surface area contributed by atoms with Gasteiger partial charge in [-0.2, -0.15) is 0 Å². The van der Waals surface area contributed by atoms with Crippen molar-refractivity contribution in [3.05, 3.63) is 29.6 Å². The van der Waals surface area contributed by atoms with Gasteiger partial charge in [-0.3, -0.25) is 0 Å². The molecule has 2 nitrogen and oxygen atoms in total. The molecule has 1 fully saturated rings. The molecule has 2 aliphatic rings. The number of nitrogens with two attached hydrogens (primary N) is 1. The van der Waals surface area contributed by atoms with E-state index in [1.165, 1.54) is 6.07 Å². The van der Waals surface area contributed by atoms with Crippen molar-refractivity contribution in [1.82, 2.24) is 0 Å². The fourth-order valence-electron chi connectivity index (χ4n) is 2.92. The molecule has 0 spiro atoms. The van der Waals surface area contributed by atoms with Crippen LogP contribution in [0.1, 0.15) is 24.8 Å². The van der Waals surface area contributed by atoms with E-state index in [1.807, 2.05) is 6.07 Å². The van der Waals surface area contributed by atoms with Gasteiger partial charge in [-0.25, -0.2) is 4.39 Å². The maximum atomic E-state index is 13.8. The Kier molecular flexibility index (Phi) is 1.96. The second-order valence-electron chi connectivity index (χ2n) is 4.49. The molecule has 0 bridgehead atoms. The van der Waals surface area contributed by atoms with Gasteiger partial charge in [0.2, 0.25) is 0 Å². The minimum absolute atomic E-state index is 0.00551. The zero-order valence-corrected chi connectivity index (χ0v) is 8.62. The fraction of sp³-hybridized carbons (Fsp3) is 0.500. The lowest BCUT2D eigenvalue weighted by Gasteiger charge is -2.36. The molecule has 2 aliphatic heterocycles. The predicted octanol–water partition coefficient (Wildman–Crippen LogP) is 2.03. The molecular weight excluding hydrogens is 191 g/mol. The number of hydrogen-bond acceptors (Lipinski definition) is 2. The van der Waals surface area contributed by atoms with E-state index < -0.39 is 0 Å². The summed E-state index contributed by atoms with van der Waals surface area (Å²) in [5.41, 5.74) is 7.91. The largest absolute Gasteiger partial charge is 0.351 e. The van der Waals surface area contributed by atoms with Crippen molar-refractivity contribution in [1.29, 1.82) is 0 Å². The van der Waals surface area contributed by atoms with Crippen LogP contribution in [-0.4, -0.2) is 12.2 Å². The molecule has 0 aliphatic carbocycles. The molecule has 2 N–H and O–H groups in total. The highest BCUT2D eigenvalue weighted by Crippen LogP contribution is 2.39. The molecule has 1 aromatic rings. The van der Waals surface area contributed by atoms with E-state index in [0.29, 0.717) is 6.04 Å². The number of halogens is 1. The summed E-state index contributed by atoms with van der Waals surface area (Å²) in [6.07, 6.45) is 4.20. The number of aryl methyl sites for hydroxylation is 1. The number of hydrogen-bond donors (Lipinski definition) is 1. The smallest absolute Gasteiger partial charge is 0.146 e. The zero-order chi connectivity index (χ0) is 10.4. The van der Waals surface area contributed by atoms with Gasteiger partial charge in [0.25, 0.3) is 0 Å². The Morgan fingerprint density at radius 1 is 1.27 bits per heavy atom. The lowest BCUT2D eigenvalue weighted by Crippen LogP contribution is -2.44. The van der Waals surface area contributed by atoms with Gasteiger partial charge in [0.05, 0.1) is 11.9 Å². The predicted molar refractivity (Wildman–Crippen MR) is 58.2 cm³/mol. The van der Waals surface area contributed by atoms with Crippen LogP contribution >= 0.6 is 0 Å². The van der Waals surface area contributed by atoms with E-state index >= 15 is 0 Å². The van der Waals surface area contributed by atoms with Crippen LogP contribution in [0, 0.1) is 5.82 Å². The maximum Gasteiger partial charge on any atom is 0.146 e. The van der Waals surface area contributed by atoms with Crippen molar-refractivity contribution in [3.63, 3.8) is 0 Å². The molecule has 2 atom stereocenters. The Bertz CT molecular complexity index is 391. The summed E-state index contributed by atoms with van der Waals surface area (Å²) in [5.74, 6) is -0.116. The standard InChI is InChI=1S/C12H15FN2/c13-10-3-1-2-8-4-5-9-6-7-11(14)15(9)12(8)10/h1-3,9,11H,4-7,14H2. The Hall–Kier alpha value is -1.09. The number of anilines is 1. The normalized spacial score (nSPS) is 28.8. The van der Waals surface area contributed by atoms with Crippen molar-refractivity contribution in [2.45, 2.75) is 37.9 Å². The summed E-state index contributed by atoms with van der Waals surface area (Å²) in [6, 6.07) is 5.80. The summed E-state index contributed by atoms with van der Waals surface area (Å²) in [5, 5.41) is 0. The zero-order valence-electron chi connectivity index (χ0n) is 8.62. The summed E-state index contributed by atoms with van der Waals surface area (Å²) in [6.45, 7) is 0. The van der Waals surface area contributed by atoms with Gasteiger partial charge in [0.1, 0.15) is 5.82 Å². The summed E-state index contributed by atoms with van der Waals surface area (Å²) in [4.78, 5) is 2.09. The van der Waals surface area contributed by atoms with Crippen LogP contribution < -0.4 is 10.6 Å². The minimum Gasteiger partial charge on any atom is -0.351 e. The van der Waals surface area contributed by atoms with E-state index in [-0.39, 0.29) is 12.0 Å². The Morgan fingerprint density at radius 3 is 3.00 bits per heavy atom. The lowest BCUT2D eigenvalue weighted by molar-refractivity contribution is 0.536. The topological polar surface area (TPSA) is 29.3 Å². The van der Waals surface area contributed by atoms with Gasteiger partial charge in [-0.05, 0) is 37.3 Å². The molecule has 15 heavy (non-hydrogen) atoms. The summed E-state index contributed by atoms with van der Waals surface area (Å²) in [7, 11) is 0. The van der Waals surface area contributed by atoms with Crippen LogP contribution in [0.15, 0.2) is 18.2 Å². The van der Waals surface area contributed by atoms with Gasteiger partial charge in [0.15, 0.2) is 0 Å². The first-order valence-electron chi connectivity index (χ1n) is 5.58. The monoisotopic (exact) mass is 206 g/mol. The quantitative estimate of drug-likeness (QED) is 0.703. The molecule has 1 aromatic carbocycles. The maximum absolute atomic E-state index is 13.8. The van der Waals surface area contributed by atoms with Crippen molar-refractivity contribution in [3.8, 4) is 0 Å². The number of para-hydroxylation sites is 1. The average Bonchev–Trinajstić information content (AvgIpc) is 2.61. The van der Waals surface area contributed by atoms with E-state index in [4.69, 9.17) is 5.73 Å². The van der Waals surface area contributed by atoms with Gasteiger partial charge < -0.3 is 10.6 Å². The number of fused-ring (bicyclic) bond motifs is 3. The molecule has 0 amide bonds. The fourth-order valence-corrected chi connectivity index (χ4v) is 2.92. The van der Waals surface area contributed by atoms with Crippen LogP contribution in [0.5, 0.6) is 0 Å². The van der Waals surface area contributed by atoms with E-state index in [0.717, 1.165) is 36.9 Å². The molecule has 80 valence electrons. The molecule has 2 unspecified atom stereocenters. The van der Waals surface area contributed by atoms with Crippen molar-refractivity contribution < 1.29 is 4.39 Å². The highest BCUT2D eigenvalue weighted by molar-refractivity contribution is 5.59. The van der Waals surface area contributed by atoms with Crippen LogP contribution in [-0.2, 0) is 6.42 Å². The second-order valence-corrected chi connectivity index (χ2v) is 4.49. The van der Waals surface area contributed by atoms with E-state index in [2.05, 4.69) is 4.90 Å². The highest BCUT2D eigenvalue weighted by atomic mass is 19.1. The third kappa shape index (κ3) is 1.26. The van der Waals surface area contributed by atoms with Crippen LogP contribution in [0.4, 0.5) is 10.1 Å². The minimum atomic E-state index is -0.116.